The summed E-state index contributed by atoms with van der Waals surface area (Å²) in [4.78, 5) is 17.6. The van der Waals surface area contributed by atoms with Crippen molar-refractivity contribution in [2.45, 2.75) is 32.9 Å². The number of carbonyl (C=O) groups excluding carboxylic acids is 1. The molecule has 3 heterocycles. The number of carbonyl (C=O) groups is 1. The number of rotatable bonds is 6. The van der Waals surface area contributed by atoms with Gasteiger partial charge in [-0.15, -0.1) is 0 Å². The Morgan fingerprint density at radius 1 is 1.17 bits per heavy atom. The van der Waals surface area contributed by atoms with Crippen molar-refractivity contribution in [2.75, 3.05) is 0 Å². The van der Waals surface area contributed by atoms with Gasteiger partial charge in [-0.3, -0.25) is 4.79 Å². The molecule has 0 spiro atoms. The third kappa shape index (κ3) is 3.77. The molecule has 7 heteroatoms. The number of fused-ring (bicyclic) bond motifs is 1. The van der Waals surface area contributed by atoms with E-state index in [4.69, 9.17) is 14.7 Å². The van der Waals surface area contributed by atoms with Gasteiger partial charge in [-0.2, -0.15) is 0 Å². The maximum atomic E-state index is 13.1. The van der Waals surface area contributed by atoms with Crippen LogP contribution >= 0.6 is 0 Å². The van der Waals surface area contributed by atoms with Crippen molar-refractivity contribution in [1.29, 1.82) is 0 Å². The number of nitrogens with two attached hydrogens (primary N) is 1. The maximum Gasteiger partial charge on any atom is 0.259 e. The third-order valence-corrected chi connectivity index (χ3v) is 4.72. The molecule has 148 valence electrons. The molecule has 3 aromatic heterocycles. The molecule has 0 aliphatic carbocycles. The van der Waals surface area contributed by atoms with E-state index >= 15 is 0 Å². The van der Waals surface area contributed by atoms with Gasteiger partial charge in [0.05, 0.1) is 22.9 Å². The van der Waals surface area contributed by atoms with Gasteiger partial charge in [0.15, 0.2) is 5.76 Å². The van der Waals surface area contributed by atoms with Crippen molar-refractivity contribution >= 4 is 17.0 Å². The van der Waals surface area contributed by atoms with Crippen LogP contribution in [0.5, 0.6) is 0 Å². The summed E-state index contributed by atoms with van der Waals surface area (Å²) in [5, 5.41) is 7.75. The van der Waals surface area contributed by atoms with Crippen molar-refractivity contribution in [2.24, 2.45) is 5.73 Å². The fourth-order valence-corrected chi connectivity index (χ4v) is 3.24. The van der Waals surface area contributed by atoms with E-state index in [1.165, 1.54) is 0 Å². The van der Waals surface area contributed by atoms with Crippen LogP contribution in [-0.2, 0) is 13.1 Å². The van der Waals surface area contributed by atoms with Crippen LogP contribution < -0.4 is 11.1 Å². The Bertz CT molecular complexity index is 1150. The number of nitrogens with zero attached hydrogens (tertiary/aromatic N) is 2. The Hall–Kier alpha value is -3.45. The quantitative estimate of drug-likeness (QED) is 0.515. The van der Waals surface area contributed by atoms with Gasteiger partial charge < -0.3 is 20.0 Å². The van der Waals surface area contributed by atoms with E-state index in [2.05, 4.69) is 15.5 Å². The highest BCUT2D eigenvalue weighted by Crippen LogP contribution is 2.30. The summed E-state index contributed by atoms with van der Waals surface area (Å²) >= 11 is 0. The van der Waals surface area contributed by atoms with E-state index in [1.54, 1.807) is 24.5 Å². The van der Waals surface area contributed by atoms with Gasteiger partial charge in [0.2, 0.25) is 0 Å². The lowest BCUT2D eigenvalue weighted by molar-refractivity contribution is 0.0952. The predicted molar refractivity (Wildman–Crippen MR) is 109 cm³/mol. The highest BCUT2D eigenvalue weighted by Gasteiger charge is 2.23. The highest BCUT2D eigenvalue weighted by atomic mass is 16.5. The number of aromatic nitrogens is 2. The molecule has 0 aliphatic rings. The first-order valence-electron chi connectivity index (χ1n) is 9.47. The number of nitrogens with one attached hydrogen (secondary N) is 1. The molecule has 0 saturated heterocycles. The average Bonchev–Trinajstić information content (AvgIpc) is 3.41. The molecule has 1 aromatic carbocycles. The minimum atomic E-state index is -0.228. The second-order valence-corrected chi connectivity index (χ2v) is 7.14. The second-order valence-electron chi connectivity index (χ2n) is 7.14. The van der Waals surface area contributed by atoms with Gasteiger partial charge in [-0.1, -0.05) is 43.3 Å². The van der Waals surface area contributed by atoms with Crippen molar-refractivity contribution in [3.63, 3.8) is 0 Å². The van der Waals surface area contributed by atoms with Crippen LogP contribution in [0.4, 0.5) is 0 Å². The summed E-state index contributed by atoms with van der Waals surface area (Å²) in [6.45, 7) is 4.84. The molecule has 0 saturated carbocycles. The SMILES string of the molecule is CC(C)c1noc2nc(-c3ccco3)cc(C(=O)NCc3cccc(CN)c3)c12. The fourth-order valence-electron chi connectivity index (χ4n) is 3.24. The molecule has 4 aromatic rings. The van der Waals surface area contributed by atoms with Gasteiger partial charge in [0.25, 0.3) is 11.6 Å². The number of benzene rings is 1. The Balaban J connectivity index is 1.71. The lowest BCUT2D eigenvalue weighted by Gasteiger charge is -2.09. The normalized spacial score (nSPS) is 11.3. The maximum absolute atomic E-state index is 13.1. The van der Waals surface area contributed by atoms with Crippen LogP contribution in [0.15, 0.2) is 57.7 Å². The molecule has 4 rings (SSSR count). The van der Waals surface area contributed by atoms with E-state index in [-0.39, 0.29) is 11.8 Å². The standard InChI is InChI=1S/C22H22N4O3/c1-13(2)20-19-16(21(27)24-12-15-6-3-5-14(9-15)11-23)10-17(18-7-4-8-28-18)25-22(19)29-26-20/h3-10,13H,11-12,23H2,1-2H3,(H,24,27). The number of amides is 1. The molecule has 1 amide bonds. The number of hydrogen-bond acceptors (Lipinski definition) is 6. The topological polar surface area (TPSA) is 107 Å². The highest BCUT2D eigenvalue weighted by molar-refractivity contribution is 6.07. The molecule has 0 aliphatic heterocycles. The molecule has 29 heavy (non-hydrogen) atoms. The van der Waals surface area contributed by atoms with Crippen LogP contribution in [0.2, 0.25) is 0 Å². The Morgan fingerprint density at radius 2 is 2.00 bits per heavy atom. The molecule has 0 atom stereocenters. The fraction of sp³-hybridized carbons (Fsp3) is 0.227. The smallest absolute Gasteiger partial charge is 0.259 e. The Kier molecular flexibility index (Phi) is 5.14. The van der Waals surface area contributed by atoms with Crippen LogP contribution in [0, 0.1) is 0 Å². The van der Waals surface area contributed by atoms with Gasteiger partial charge in [0.1, 0.15) is 5.69 Å². The number of furan rings is 1. The van der Waals surface area contributed by atoms with Crippen molar-refractivity contribution in [3.8, 4) is 11.5 Å². The molecule has 0 bridgehead atoms. The molecular weight excluding hydrogens is 368 g/mol. The van der Waals surface area contributed by atoms with Crippen molar-refractivity contribution in [3.05, 3.63) is 71.1 Å². The van der Waals surface area contributed by atoms with E-state index in [0.717, 1.165) is 11.1 Å². The zero-order valence-electron chi connectivity index (χ0n) is 16.3. The molecular formula is C22H22N4O3. The monoisotopic (exact) mass is 390 g/mol. The lowest BCUT2D eigenvalue weighted by atomic mass is 10.0. The third-order valence-electron chi connectivity index (χ3n) is 4.72. The van der Waals surface area contributed by atoms with E-state index in [0.29, 0.717) is 46.9 Å². The summed E-state index contributed by atoms with van der Waals surface area (Å²) in [5.74, 6) is 0.410. The molecule has 0 unspecified atom stereocenters. The van der Waals surface area contributed by atoms with Gasteiger partial charge in [0, 0.05) is 13.1 Å². The number of hydrogen-bond donors (Lipinski definition) is 2. The summed E-state index contributed by atoms with van der Waals surface area (Å²) < 4.78 is 10.9. The summed E-state index contributed by atoms with van der Waals surface area (Å²) in [6, 6.07) is 13.1. The van der Waals surface area contributed by atoms with Crippen molar-refractivity contribution < 1.29 is 13.7 Å². The first-order chi connectivity index (χ1) is 14.1. The van der Waals surface area contributed by atoms with Crippen LogP contribution in [0.25, 0.3) is 22.6 Å². The summed E-state index contributed by atoms with van der Waals surface area (Å²) in [7, 11) is 0. The second kappa shape index (κ2) is 7.89. The summed E-state index contributed by atoms with van der Waals surface area (Å²) in [6.07, 6.45) is 1.56. The van der Waals surface area contributed by atoms with E-state index < -0.39 is 0 Å². The Labute approximate surface area is 167 Å². The van der Waals surface area contributed by atoms with Gasteiger partial charge in [-0.25, -0.2) is 4.98 Å². The first kappa shape index (κ1) is 18.9. The van der Waals surface area contributed by atoms with Crippen LogP contribution in [0.3, 0.4) is 0 Å². The lowest BCUT2D eigenvalue weighted by Crippen LogP contribution is -2.23. The largest absolute Gasteiger partial charge is 0.463 e. The molecule has 0 radical (unpaired) electrons. The summed E-state index contributed by atoms with van der Waals surface area (Å²) in [5.41, 5.74) is 9.70. The van der Waals surface area contributed by atoms with Crippen LogP contribution in [0.1, 0.15) is 46.9 Å². The first-order valence-corrected chi connectivity index (χ1v) is 9.47. The molecule has 7 nitrogen and oxygen atoms in total. The van der Waals surface area contributed by atoms with E-state index in [1.807, 2.05) is 38.1 Å². The van der Waals surface area contributed by atoms with Gasteiger partial charge >= 0.3 is 0 Å². The zero-order chi connectivity index (χ0) is 20.4. The van der Waals surface area contributed by atoms with Crippen LogP contribution in [-0.4, -0.2) is 16.0 Å². The molecule has 0 fully saturated rings. The van der Waals surface area contributed by atoms with Crippen molar-refractivity contribution in [1.82, 2.24) is 15.5 Å². The minimum absolute atomic E-state index is 0.0836. The number of pyridine rings is 1. The van der Waals surface area contributed by atoms with E-state index in [9.17, 15) is 4.79 Å². The predicted octanol–water partition coefficient (Wildman–Crippen LogP) is 3.99. The minimum Gasteiger partial charge on any atom is -0.463 e. The molecule has 3 N–H and O–H groups in total. The average molecular weight is 390 g/mol. The Morgan fingerprint density at radius 3 is 2.72 bits per heavy atom. The zero-order valence-corrected chi connectivity index (χ0v) is 16.3. The van der Waals surface area contributed by atoms with Gasteiger partial charge in [-0.05, 0) is 35.2 Å².